The molecule has 13 heteroatoms. The number of nitrogens with zero attached hydrogens (tertiary/aromatic N) is 4. The zero-order valence-corrected chi connectivity index (χ0v) is 26.7. The van der Waals surface area contributed by atoms with E-state index < -0.39 is 24.1 Å². The number of aromatic nitrogens is 3. The van der Waals surface area contributed by atoms with Crippen LogP contribution in [0.15, 0.2) is 65.8 Å². The molecule has 0 amide bonds. The third kappa shape index (κ3) is 7.24. The first-order valence-corrected chi connectivity index (χ1v) is 19.3. The van der Waals surface area contributed by atoms with Gasteiger partial charge in [-0.2, -0.15) is 0 Å². The second kappa shape index (κ2) is 12.8. The number of hydrogen-bond donors (Lipinski definition) is 1. The molecule has 0 spiro atoms. The van der Waals surface area contributed by atoms with Crippen LogP contribution in [0.1, 0.15) is 10.4 Å². The van der Waals surface area contributed by atoms with E-state index >= 15 is 0 Å². The fraction of sp³-hybridized carbons (Fsp3) is 0.367. The Labute approximate surface area is 252 Å². The maximum Gasteiger partial charge on any atom is 0.337 e. The zero-order valence-electron chi connectivity index (χ0n) is 24.9. The van der Waals surface area contributed by atoms with Gasteiger partial charge in [0.05, 0.1) is 41.9 Å². The van der Waals surface area contributed by atoms with E-state index in [-0.39, 0.29) is 10.5 Å². The first-order valence-electron chi connectivity index (χ1n) is 14.1. The highest BCUT2D eigenvalue weighted by atomic mass is 32.2. The number of anilines is 2. The van der Waals surface area contributed by atoms with E-state index in [0.29, 0.717) is 32.2 Å². The van der Waals surface area contributed by atoms with Gasteiger partial charge in [-0.3, -0.25) is 4.72 Å². The number of fused-ring (bicyclic) bond motifs is 1. The van der Waals surface area contributed by atoms with Crippen molar-refractivity contribution in [2.24, 2.45) is 0 Å². The Morgan fingerprint density at radius 1 is 1.05 bits per heavy atom. The topological polar surface area (TPSA) is 125 Å². The number of sulfonamides is 1. The van der Waals surface area contributed by atoms with Crippen molar-refractivity contribution in [3.05, 3.63) is 66.5 Å². The van der Waals surface area contributed by atoms with Gasteiger partial charge < -0.3 is 23.7 Å². The van der Waals surface area contributed by atoms with Crippen molar-refractivity contribution < 1.29 is 27.4 Å². The largest absolute Gasteiger partial charge is 0.465 e. The zero-order chi connectivity index (χ0) is 30.6. The summed E-state index contributed by atoms with van der Waals surface area (Å²) in [6.45, 7) is 10.7. The summed E-state index contributed by atoms with van der Waals surface area (Å²) in [4.78, 5) is 23.3. The molecule has 0 saturated carbocycles. The third-order valence-corrected chi connectivity index (χ3v) is 10.3. The number of morpholine rings is 1. The lowest BCUT2D eigenvalue weighted by molar-refractivity contribution is 0.0600. The van der Waals surface area contributed by atoms with Crippen molar-refractivity contribution in [3.63, 3.8) is 0 Å². The van der Waals surface area contributed by atoms with Gasteiger partial charge >= 0.3 is 5.97 Å². The van der Waals surface area contributed by atoms with E-state index in [4.69, 9.17) is 14.2 Å². The molecule has 1 N–H and O–H groups in total. The Balaban J connectivity index is 1.44. The minimum Gasteiger partial charge on any atom is -0.465 e. The van der Waals surface area contributed by atoms with Crippen LogP contribution in [-0.2, 0) is 31.0 Å². The van der Waals surface area contributed by atoms with Crippen LogP contribution in [-0.4, -0.2) is 77.0 Å². The van der Waals surface area contributed by atoms with Crippen LogP contribution < -0.4 is 9.62 Å². The van der Waals surface area contributed by atoms with Crippen molar-refractivity contribution in [1.29, 1.82) is 0 Å². The van der Waals surface area contributed by atoms with Gasteiger partial charge in [-0.1, -0.05) is 37.8 Å². The average Bonchev–Trinajstić information content (AvgIpc) is 3.37. The Morgan fingerprint density at radius 3 is 2.49 bits per heavy atom. The van der Waals surface area contributed by atoms with E-state index in [0.717, 1.165) is 47.2 Å². The van der Waals surface area contributed by atoms with E-state index in [1.807, 2.05) is 16.7 Å². The van der Waals surface area contributed by atoms with Gasteiger partial charge in [0, 0.05) is 33.5 Å². The van der Waals surface area contributed by atoms with Crippen LogP contribution in [0.2, 0.25) is 25.7 Å². The van der Waals surface area contributed by atoms with E-state index in [1.165, 1.54) is 31.4 Å². The quantitative estimate of drug-likeness (QED) is 0.142. The van der Waals surface area contributed by atoms with Gasteiger partial charge in [-0.25, -0.2) is 23.2 Å². The molecule has 228 valence electrons. The molecule has 0 bridgehead atoms. The van der Waals surface area contributed by atoms with Gasteiger partial charge in [0.1, 0.15) is 24.5 Å². The van der Waals surface area contributed by atoms with Gasteiger partial charge in [0.15, 0.2) is 0 Å². The maximum atomic E-state index is 13.1. The molecule has 5 rings (SSSR count). The van der Waals surface area contributed by atoms with Crippen LogP contribution in [0, 0.1) is 0 Å². The molecule has 1 aliphatic heterocycles. The summed E-state index contributed by atoms with van der Waals surface area (Å²) in [6, 6.07) is 16.0. The molecule has 2 aromatic carbocycles. The standard InChI is InChI=1S/C30H37N5O6SSi/c1-39-30(36)23-6-5-7-25(18-23)42(37,38)33-24-10-8-22(9-11-24)27-19-26-28(34-12-14-40-15-13-34)31-20-32-29(26)35(27)21-41-16-17-43(2,3)4/h5-11,18-20,33H,12-17,21H2,1-4H3. The summed E-state index contributed by atoms with van der Waals surface area (Å²) < 4.78 is 47.2. The number of ether oxygens (including phenoxy) is 3. The molecule has 0 atom stereocenters. The Bertz CT molecular complexity index is 1700. The fourth-order valence-electron chi connectivity index (χ4n) is 4.81. The summed E-state index contributed by atoms with van der Waals surface area (Å²) in [5.74, 6) is 0.247. The summed E-state index contributed by atoms with van der Waals surface area (Å²) in [5, 5.41) is 0.920. The molecular formula is C30H37N5O6SSi. The Hall–Kier alpha value is -3.78. The number of rotatable bonds is 11. The monoisotopic (exact) mass is 623 g/mol. The lowest BCUT2D eigenvalue weighted by Crippen LogP contribution is -2.36. The molecule has 0 unspecified atom stereocenters. The van der Waals surface area contributed by atoms with E-state index in [9.17, 15) is 13.2 Å². The fourth-order valence-corrected chi connectivity index (χ4v) is 6.67. The van der Waals surface area contributed by atoms with Gasteiger partial charge in [0.2, 0.25) is 0 Å². The number of methoxy groups -OCH3 is 1. The molecule has 11 nitrogen and oxygen atoms in total. The van der Waals surface area contributed by atoms with E-state index in [2.05, 4.69) is 45.3 Å². The average molecular weight is 624 g/mol. The van der Waals surface area contributed by atoms with Gasteiger partial charge in [-0.15, -0.1) is 0 Å². The Morgan fingerprint density at radius 2 is 1.79 bits per heavy atom. The highest BCUT2D eigenvalue weighted by Crippen LogP contribution is 2.33. The highest BCUT2D eigenvalue weighted by Gasteiger charge is 2.22. The van der Waals surface area contributed by atoms with Crippen LogP contribution in [0.25, 0.3) is 22.3 Å². The molecule has 0 radical (unpaired) electrons. The van der Waals surface area contributed by atoms with Crippen molar-refractivity contribution in [1.82, 2.24) is 14.5 Å². The van der Waals surface area contributed by atoms with E-state index in [1.54, 1.807) is 18.5 Å². The number of carbonyl (C=O) groups is 1. The second-order valence-electron chi connectivity index (χ2n) is 11.5. The third-order valence-electron chi connectivity index (χ3n) is 7.20. The summed E-state index contributed by atoms with van der Waals surface area (Å²) in [7, 11) is -3.96. The SMILES string of the molecule is COC(=O)c1cccc(S(=O)(=O)Nc2ccc(-c3cc4c(N5CCOCC5)ncnc4n3COCC[Si](C)(C)C)cc2)c1. The maximum absolute atomic E-state index is 13.1. The summed E-state index contributed by atoms with van der Waals surface area (Å²) in [5.41, 5.74) is 3.07. The molecule has 1 saturated heterocycles. The number of esters is 1. The number of nitrogens with one attached hydrogen (secondary N) is 1. The van der Waals surface area contributed by atoms with Crippen LogP contribution in [0.5, 0.6) is 0 Å². The normalized spacial score (nSPS) is 14.2. The minimum absolute atomic E-state index is 0.0377. The lowest BCUT2D eigenvalue weighted by Gasteiger charge is -2.28. The minimum atomic E-state index is -3.94. The molecule has 3 heterocycles. The number of carbonyl (C=O) groups excluding carboxylic acids is 1. The summed E-state index contributed by atoms with van der Waals surface area (Å²) in [6.07, 6.45) is 1.59. The first kappa shape index (κ1) is 30.7. The van der Waals surface area contributed by atoms with Crippen LogP contribution in [0.4, 0.5) is 11.5 Å². The van der Waals surface area contributed by atoms with Gasteiger partial charge in [0.25, 0.3) is 10.0 Å². The van der Waals surface area contributed by atoms with Crippen LogP contribution in [0.3, 0.4) is 0 Å². The smallest absolute Gasteiger partial charge is 0.337 e. The molecule has 43 heavy (non-hydrogen) atoms. The lowest BCUT2D eigenvalue weighted by atomic mass is 10.1. The number of hydrogen-bond acceptors (Lipinski definition) is 9. The molecule has 0 aliphatic carbocycles. The molecular weight excluding hydrogens is 587 g/mol. The van der Waals surface area contributed by atoms with Gasteiger partial charge in [-0.05, 0) is 48.0 Å². The summed E-state index contributed by atoms with van der Waals surface area (Å²) >= 11 is 0. The van der Waals surface area contributed by atoms with Crippen molar-refractivity contribution in [2.75, 3.05) is 49.6 Å². The van der Waals surface area contributed by atoms with Crippen molar-refractivity contribution in [2.45, 2.75) is 37.3 Å². The van der Waals surface area contributed by atoms with Crippen molar-refractivity contribution >= 4 is 46.6 Å². The second-order valence-corrected chi connectivity index (χ2v) is 18.8. The highest BCUT2D eigenvalue weighted by molar-refractivity contribution is 7.92. The Kier molecular flexibility index (Phi) is 9.15. The molecule has 1 aliphatic rings. The predicted molar refractivity (Wildman–Crippen MR) is 169 cm³/mol. The molecule has 1 fully saturated rings. The number of benzene rings is 2. The van der Waals surface area contributed by atoms with Crippen molar-refractivity contribution in [3.8, 4) is 11.3 Å². The molecule has 2 aromatic heterocycles. The predicted octanol–water partition coefficient (Wildman–Crippen LogP) is 4.83. The first-order chi connectivity index (χ1) is 20.6. The van der Waals surface area contributed by atoms with Crippen LogP contribution >= 0.6 is 0 Å². The molecule has 4 aromatic rings.